The van der Waals surface area contributed by atoms with E-state index in [2.05, 4.69) is 10.6 Å². The second-order valence-corrected chi connectivity index (χ2v) is 11.3. The van der Waals surface area contributed by atoms with Crippen LogP contribution in [-0.4, -0.2) is 58.8 Å². The third kappa shape index (κ3) is 3.98. The minimum absolute atomic E-state index is 0.0351. The Balaban J connectivity index is 1.33. The second-order valence-electron chi connectivity index (χ2n) is 11.3. The lowest BCUT2D eigenvalue weighted by Gasteiger charge is -2.34. The number of nitriles is 1. The van der Waals surface area contributed by atoms with Crippen molar-refractivity contribution in [2.75, 3.05) is 13.1 Å². The molecule has 40 heavy (non-hydrogen) atoms. The molecule has 5 atom stereocenters. The number of fused-ring (bicyclic) bond motifs is 4. The Bertz CT molecular complexity index is 1380. The van der Waals surface area contributed by atoms with Gasteiger partial charge in [0.15, 0.2) is 5.60 Å². The number of hydrogen-bond acceptors (Lipinski definition) is 5. The summed E-state index contributed by atoms with van der Waals surface area (Å²) in [5.74, 6) is -7.33. The SMILES string of the molecule is N#C[C@H](C[C@@H]1CCCNC1=O)NC(=O)[C@H]1[C@@H]2CCC(F)(F)[C@@H]2CN1C(=O)C1(O)c2ccccc2-c2ccccc21. The standard InChI is InChI=1S/C30H30F2N4O4/c31-29(32)12-11-21-24(29)16-36(25(21)27(38)35-18(15-33)14-17-6-5-13-34-26(17)37)28(39)30(40)22-9-3-1-7-19(22)20-8-2-4-10-23(20)30/h1-4,7-10,17-18,21,24-25,40H,5-6,11-14,16H2,(H,34,37)(H,35,38)/t17-,18-,21+,24+,25+/m0/s1. The van der Waals surface area contributed by atoms with E-state index in [1.165, 1.54) is 0 Å². The Hall–Kier alpha value is -3.84. The monoisotopic (exact) mass is 548 g/mol. The Labute approximate surface area is 230 Å². The van der Waals surface area contributed by atoms with Gasteiger partial charge in [-0.1, -0.05) is 48.5 Å². The second kappa shape index (κ2) is 9.66. The number of nitrogens with zero attached hydrogens (tertiary/aromatic N) is 2. The van der Waals surface area contributed by atoms with Gasteiger partial charge in [0.25, 0.3) is 11.8 Å². The summed E-state index contributed by atoms with van der Waals surface area (Å²) in [4.78, 5) is 41.4. The summed E-state index contributed by atoms with van der Waals surface area (Å²) in [5, 5.41) is 27.3. The van der Waals surface area contributed by atoms with Crippen LogP contribution in [0, 0.1) is 29.1 Å². The molecule has 2 aliphatic carbocycles. The van der Waals surface area contributed by atoms with Crippen molar-refractivity contribution in [3.05, 3.63) is 59.7 Å². The van der Waals surface area contributed by atoms with Crippen molar-refractivity contribution in [1.29, 1.82) is 5.26 Å². The number of rotatable bonds is 5. The van der Waals surface area contributed by atoms with E-state index in [-0.39, 0.29) is 25.3 Å². The summed E-state index contributed by atoms with van der Waals surface area (Å²) in [6.07, 6.45) is 1.07. The van der Waals surface area contributed by atoms with Crippen LogP contribution in [0.2, 0.25) is 0 Å². The van der Waals surface area contributed by atoms with E-state index in [1.54, 1.807) is 48.5 Å². The summed E-state index contributed by atoms with van der Waals surface area (Å²) in [5.41, 5.74) is -0.163. The molecule has 2 aromatic rings. The normalized spacial score (nSPS) is 28.1. The average molecular weight is 549 g/mol. The van der Waals surface area contributed by atoms with E-state index in [1.807, 2.05) is 6.07 Å². The Kier molecular flexibility index (Phi) is 6.37. The van der Waals surface area contributed by atoms with Crippen LogP contribution in [0.1, 0.15) is 43.2 Å². The van der Waals surface area contributed by atoms with Gasteiger partial charge in [-0.2, -0.15) is 5.26 Å². The maximum Gasteiger partial charge on any atom is 0.264 e. The molecule has 2 aromatic carbocycles. The molecule has 6 rings (SSSR count). The highest BCUT2D eigenvalue weighted by Gasteiger charge is 2.63. The maximum absolute atomic E-state index is 15.0. The van der Waals surface area contributed by atoms with Crippen molar-refractivity contribution in [1.82, 2.24) is 15.5 Å². The lowest BCUT2D eigenvalue weighted by molar-refractivity contribution is -0.153. The number of likely N-dealkylation sites (tertiary alicyclic amines) is 1. The molecule has 3 N–H and O–H groups in total. The third-order valence-electron chi connectivity index (χ3n) is 9.16. The van der Waals surface area contributed by atoms with Gasteiger partial charge >= 0.3 is 0 Å². The van der Waals surface area contributed by atoms with Gasteiger partial charge in [0.2, 0.25) is 11.8 Å². The van der Waals surface area contributed by atoms with Crippen LogP contribution in [0.25, 0.3) is 11.1 Å². The quantitative estimate of drug-likeness (QED) is 0.531. The first-order valence-electron chi connectivity index (χ1n) is 13.7. The first-order valence-corrected chi connectivity index (χ1v) is 13.7. The predicted octanol–water partition coefficient (Wildman–Crippen LogP) is 2.70. The molecular formula is C30H30F2N4O4. The number of nitrogens with one attached hydrogen (secondary N) is 2. The molecule has 2 saturated heterocycles. The number of amides is 3. The highest BCUT2D eigenvalue weighted by Crippen LogP contribution is 2.54. The van der Waals surface area contributed by atoms with E-state index in [4.69, 9.17) is 0 Å². The van der Waals surface area contributed by atoms with Crippen LogP contribution in [-0.2, 0) is 20.0 Å². The molecule has 2 aliphatic heterocycles. The molecule has 0 aromatic heterocycles. The molecule has 3 fully saturated rings. The largest absolute Gasteiger partial charge is 0.372 e. The fourth-order valence-corrected chi connectivity index (χ4v) is 7.20. The third-order valence-corrected chi connectivity index (χ3v) is 9.16. The molecule has 0 spiro atoms. The number of carbonyl (C=O) groups excluding carboxylic acids is 3. The zero-order chi connectivity index (χ0) is 28.2. The molecule has 3 amide bonds. The van der Waals surface area contributed by atoms with Gasteiger partial charge in [0.05, 0.1) is 6.07 Å². The number of carbonyl (C=O) groups is 3. The number of hydrogen-bond donors (Lipinski definition) is 3. The Morgan fingerprint density at radius 3 is 2.40 bits per heavy atom. The van der Waals surface area contributed by atoms with E-state index in [9.17, 15) is 33.5 Å². The number of benzene rings is 2. The van der Waals surface area contributed by atoms with Crippen molar-refractivity contribution >= 4 is 17.7 Å². The van der Waals surface area contributed by atoms with Crippen molar-refractivity contribution < 1.29 is 28.3 Å². The van der Waals surface area contributed by atoms with Crippen molar-refractivity contribution in [3.63, 3.8) is 0 Å². The summed E-state index contributed by atoms with van der Waals surface area (Å²) >= 11 is 0. The van der Waals surface area contributed by atoms with Gasteiger partial charge in [-0.15, -0.1) is 0 Å². The first kappa shape index (κ1) is 26.4. The summed E-state index contributed by atoms with van der Waals surface area (Å²) in [7, 11) is 0. The van der Waals surface area contributed by atoms with E-state index in [0.29, 0.717) is 35.2 Å². The van der Waals surface area contributed by atoms with Crippen LogP contribution >= 0.6 is 0 Å². The molecule has 8 nitrogen and oxygen atoms in total. The van der Waals surface area contributed by atoms with Crippen LogP contribution in [0.3, 0.4) is 0 Å². The van der Waals surface area contributed by atoms with Gasteiger partial charge in [0.1, 0.15) is 12.1 Å². The number of alkyl halides is 2. The fourth-order valence-electron chi connectivity index (χ4n) is 7.20. The van der Waals surface area contributed by atoms with Gasteiger partial charge in [-0.25, -0.2) is 8.78 Å². The Morgan fingerprint density at radius 2 is 1.77 bits per heavy atom. The average Bonchev–Trinajstić information content (AvgIpc) is 3.58. The molecule has 1 saturated carbocycles. The summed E-state index contributed by atoms with van der Waals surface area (Å²) in [6.45, 7) is 0.175. The summed E-state index contributed by atoms with van der Waals surface area (Å²) < 4.78 is 30.0. The molecule has 4 aliphatic rings. The molecule has 0 radical (unpaired) electrons. The van der Waals surface area contributed by atoms with Crippen LogP contribution < -0.4 is 10.6 Å². The number of piperidine rings is 1. The van der Waals surface area contributed by atoms with Crippen LogP contribution in [0.5, 0.6) is 0 Å². The van der Waals surface area contributed by atoms with Gasteiger partial charge in [0, 0.05) is 42.5 Å². The maximum atomic E-state index is 15.0. The molecule has 0 unspecified atom stereocenters. The van der Waals surface area contributed by atoms with Crippen molar-refractivity contribution in [2.45, 2.75) is 55.7 Å². The van der Waals surface area contributed by atoms with E-state index < -0.39 is 59.6 Å². The minimum Gasteiger partial charge on any atom is -0.372 e. The van der Waals surface area contributed by atoms with Crippen molar-refractivity contribution in [3.8, 4) is 17.2 Å². The van der Waals surface area contributed by atoms with Gasteiger partial charge < -0.3 is 20.6 Å². The highest BCUT2D eigenvalue weighted by atomic mass is 19.3. The Morgan fingerprint density at radius 1 is 1.12 bits per heavy atom. The van der Waals surface area contributed by atoms with Crippen molar-refractivity contribution in [2.24, 2.45) is 17.8 Å². The first-order chi connectivity index (χ1) is 19.2. The number of aliphatic hydroxyl groups is 1. The van der Waals surface area contributed by atoms with Crippen LogP contribution in [0.4, 0.5) is 8.78 Å². The number of halogens is 2. The predicted molar refractivity (Wildman–Crippen MR) is 139 cm³/mol. The highest BCUT2D eigenvalue weighted by molar-refractivity contribution is 6.01. The van der Waals surface area contributed by atoms with E-state index in [0.717, 1.165) is 11.3 Å². The molecule has 0 bridgehead atoms. The van der Waals surface area contributed by atoms with Gasteiger partial charge in [-0.3, -0.25) is 14.4 Å². The zero-order valence-corrected chi connectivity index (χ0v) is 21.8. The molecule has 10 heteroatoms. The van der Waals surface area contributed by atoms with E-state index >= 15 is 0 Å². The lowest BCUT2D eigenvalue weighted by atomic mass is 9.88. The van der Waals surface area contributed by atoms with Crippen LogP contribution in [0.15, 0.2) is 48.5 Å². The molecule has 2 heterocycles. The van der Waals surface area contributed by atoms with Gasteiger partial charge in [-0.05, 0) is 42.7 Å². The topological polar surface area (TPSA) is 123 Å². The smallest absolute Gasteiger partial charge is 0.264 e. The minimum atomic E-state index is -3.07. The lowest BCUT2D eigenvalue weighted by Crippen LogP contribution is -2.56. The zero-order valence-electron chi connectivity index (χ0n) is 21.8. The fraction of sp³-hybridized carbons (Fsp3) is 0.467. The summed E-state index contributed by atoms with van der Waals surface area (Å²) in [6, 6.07) is 13.5. The molecular weight excluding hydrogens is 518 g/mol. The molecule has 208 valence electrons.